The minimum Gasteiger partial charge on any atom is -0.368 e. The van der Waals surface area contributed by atoms with E-state index in [4.69, 9.17) is 5.11 Å². The average Bonchev–Trinajstić information content (AvgIpc) is 2.27. The van der Waals surface area contributed by atoms with E-state index in [1.807, 2.05) is 13.8 Å². The van der Waals surface area contributed by atoms with Gasteiger partial charge in [-0.15, -0.1) is 0 Å². The normalized spacial score (nSPS) is 14.1. The fraction of sp³-hybridized carbons (Fsp3) is 0.545. The first-order valence-corrected chi connectivity index (χ1v) is 5.20. The Morgan fingerprint density at radius 1 is 1.05 bits per heavy atom. The Bertz CT molecular complexity index is 326. The van der Waals surface area contributed by atoms with Crippen molar-refractivity contribution in [1.82, 2.24) is 0 Å². The summed E-state index contributed by atoms with van der Waals surface area (Å²) in [5.74, 6) is 0. The predicted octanol–water partition coefficient (Wildman–Crippen LogP) is 4.03. The van der Waals surface area contributed by atoms with Gasteiger partial charge in [0.1, 0.15) is 0 Å². The first-order valence-electron chi connectivity index (χ1n) is 5.20. The average molecular weight is 291 g/mol. The van der Waals surface area contributed by atoms with Gasteiger partial charge in [0, 0.05) is 6.21 Å². The van der Waals surface area contributed by atoms with Crippen LogP contribution in [0.15, 0.2) is 29.4 Å². The minimum absolute atomic E-state index is 0.348. The van der Waals surface area contributed by atoms with Crippen LogP contribution in [0.25, 0.3) is 0 Å². The van der Waals surface area contributed by atoms with Gasteiger partial charge in [0.25, 0.3) is 5.60 Å². The highest BCUT2D eigenvalue weighted by atomic mass is 19.4. The second-order valence-corrected chi connectivity index (χ2v) is 2.88. The van der Waals surface area contributed by atoms with E-state index in [1.165, 1.54) is 0 Å². The molecule has 0 fully saturated rings. The summed E-state index contributed by atoms with van der Waals surface area (Å²) in [6, 6.07) is 0. The first-order chi connectivity index (χ1) is 8.52. The van der Waals surface area contributed by atoms with Gasteiger partial charge in [0.2, 0.25) is 0 Å². The molecule has 0 aliphatic rings. The van der Waals surface area contributed by atoms with E-state index in [-0.39, 0.29) is 0 Å². The van der Waals surface area contributed by atoms with Crippen LogP contribution < -0.4 is 0 Å². The number of hydrogen-bond acceptors (Lipinski definition) is 2. The summed E-state index contributed by atoms with van der Waals surface area (Å²) in [5.41, 5.74) is -6.60. The highest BCUT2D eigenvalue weighted by Gasteiger charge is 2.72. The molecular formula is C11H15F6NO. The number of alkyl halides is 6. The number of aliphatic imine (C=N–C) groups is 1. The largest absolute Gasteiger partial charge is 0.432 e. The van der Waals surface area contributed by atoms with Crippen molar-refractivity contribution in [2.45, 2.75) is 38.7 Å². The van der Waals surface area contributed by atoms with Gasteiger partial charge in [0.05, 0.1) is 5.70 Å². The number of hydrogen-bond donors (Lipinski definition) is 1. The summed E-state index contributed by atoms with van der Waals surface area (Å²) in [6.07, 6.45) is -10.2. The van der Waals surface area contributed by atoms with Crippen LogP contribution in [-0.2, 0) is 0 Å². The molecular weight excluding hydrogens is 276 g/mol. The third-order valence-corrected chi connectivity index (χ3v) is 1.74. The van der Waals surface area contributed by atoms with Crippen LogP contribution in [0.2, 0.25) is 0 Å². The maximum atomic E-state index is 12.4. The summed E-state index contributed by atoms with van der Waals surface area (Å²) in [4.78, 5) is 2.89. The smallest absolute Gasteiger partial charge is 0.368 e. The fourth-order valence-electron chi connectivity index (χ4n) is 0.959. The molecule has 0 radical (unpaired) electrons. The lowest BCUT2D eigenvalue weighted by molar-refractivity contribution is -0.352. The molecule has 0 unspecified atom stereocenters. The molecule has 0 rings (SSSR count). The van der Waals surface area contributed by atoms with Gasteiger partial charge >= 0.3 is 12.4 Å². The maximum absolute atomic E-state index is 12.4. The Morgan fingerprint density at radius 3 is 1.63 bits per heavy atom. The van der Waals surface area contributed by atoms with Crippen molar-refractivity contribution >= 4 is 6.21 Å². The lowest BCUT2D eigenvalue weighted by Gasteiger charge is -2.32. The minimum atomic E-state index is -5.94. The van der Waals surface area contributed by atoms with Gasteiger partial charge in [-0.25, -0.2) is 0 Å². The van der Waals surface area contributed by atoms with Gasteiger partial charge in [-0.05, 0) is 13.0 Å². The molecule has 0 saturated heterocycles. The number of aliphatic hydroxyl groups is 1. The quantitative estimate of drug-likeness (QED) is 0.475. The van der Waals surface area contributed by atoms with E-state index >= 15 is 0 Å². The molecule has 8 heteroatoms. The van der Waals surface area contributed by atoms with Crippen LogP contribution in [0.1, 0.15) is 20.8 Å². The molecule has 0 bridgehead atoms. The third-order valence-electron chi connectivity index (χ3n) is 1.74. The molecule has 19 heavy (non-hydrogen) atoms. The first kappa shape index (κ1) is 20.0. The van der Waals surface area contributed by atoms with Gasteiger partial charge in [-0.3, -0.25) is 4.99 Å². The Hall–Kier alpha value is -1.31. The van der Waals surface area contributed by atoms with Crippen LogP contribution in [0.5, 0.6) is 0 Å². The predicted molar refractivity (Wildman–Crippen MR) is 60.9 cm³/mol. The monoisotopic (exact) mass is 291 g/mol. The Balaban J connectivity index is 0. The number of nitrogens with zero attached hydrogens (tertiary/aromatic N) is 1. The van der Waals surface area contributed by atoms with E-state index < -0.39 is 23.7 Å². The summed E-state index contributed by atoms with van der Waals surface area (Å²) in [7, 11) is 0. The van der Waals surface area contributed by atoms with Crippen LogP contribution in [0, 0.1) is 0 Å². The molecule has 112 valence electrons. The van der Waals surface area contributed by atoms with Crippen molar-refractivity contribution in [2.75, 3.05) is 0 Å². The highest BCUT2D eigenvalue weighted by Crippen LogP contribution is 2.47. The van der Waals surface area contributed by atoms with Crippen LogP contribution in [0.4, 0.5) is 26.3 Å². The van der Waals surface area contributed by atoms with Gasteiger partial charge < -0.3 is 5.11 Å². The molecule has 0 amide bonds. The van der Waals surface area contributed by atoms with E-state index in [9.17, 15) is 26.3 Å². The Morgan fingerprint density at radius 2 is 1.42 bits per heavy atom. The van der Waals surface area contributed by atoms with Crippen molar-refractivity contribution in [1.29, 1.82) is 0 Å². The molecule has 0 aliphatic heterocycles. The number of halogens is 6. The molecule has 0 saturated carbocycles. The summed E-state index contributed by atoms with van der Waals surface area (Å²) in [5, 5.41) is 8.93. The van der Waals surface area contributed by atoms with E-state index in [0.717, 1.165) is 6.92 Å². The second kappa shape index (κ2) is 7.32. The zero-order valence-corrected chi connectivity index (χ0v) is 10.6. The van der Waals surface area contributed by atoms with Crippen LogP contribution in [-0.4, -0.2) is 29.3 Å². The van der Waals surface area contributed by atoms with Gasteiger partial charge in [-0.1, -0.05) is 26.5 Å². The maximum Gasteiger partial charge on any atom is 0.432 e. The van der Waals surface area contributed by atoms with Crippen molar-refractivity contribution < 1.29 is 31.4 Å². The third kappa shape index (κ3) is 4.38. The summed E-state index contributed by atoms with van der Waals surface area (Å²) < 4.78 is 74.3. The second-order valence-electron chi connectivity index (χ2n) is 2.88. The lowest BCUT2D eigenvalue weighted by Crippen LogP contribution is -2.57. The fourth-order valence-corrected chi connectivity index (χ4v) is 0.959. The Kier molecular flexibility index (Phi) is 7.71. The van der Waals surface area contributed by atoms with Crippen LogP contribution >= 0.6 is 0 Å². The highest BCUT2D eigenvalue weighted by molar-refractivity contribution is 5.56. The summed E-state index contributed by atoms with van der Waals surface area (Å²) in [6.45, 7) is 8.08. The molecule has 0 heterocycles. The SMILES string of the molecule is C=C/C=C(\N=CC)C(O)(C(F)(F)F)C(F)(F)F.CC. The zero-order valence-electron chi connectivity index (χ0n) is 10.6. The van der Waals surface area contributed by atoms with E-state index in [2.05, 4.69) is 11.6 Å². The topological polar surface area (TPSA) is 32.6 Å². The molecule has 0 spiro atoms. The number of allylic oxidation sites excluding steroid dienone is 2. The van der Waals surface area contributed by atoms with Crippen molar-refractivity contribution in [3.63, 3.8) is 0 Å². The molecule has 0 aromatic rings. The standard InChI is InChI=1S/C9H9F6NO.C2H6/c1-3-5-6(16-4-2)7(17,8(10,11)12)9(13,14)15;1-2/h3-5,17H,1H2,2H3;1-2H3/b6-5-,16-4?;. The molecule has 0 aliphatic carbocycles. The van der Waals surface area contributed by atoms with Crippen molar-refractivity contribution in [3.05, 3.63) is 24.4 Å². The zero-order chi connectivity index (χ0) is 15.9. The molecule has 0 aromatic heterocycles. The van der Waals surface area contributed by atoms with E-state index in [1.54, 1.807) is 0 Å². The van der Waals surface area contributed by atoms with Gasteiger partial charge in [-0.2, -0.15) is 26.3 Å². The van der Waals surface area contributed by atoms with Gasteiger partial charge in [0.15, 0.2) is 0 Å². The van der Waals surface area contributed by atoms with E-state index in [0.29, 0.717) is 18.4 Å². The molecule has 2 nitrogen and oxygen atoms in total. The van der Waals surface area contributed by atoms with Crippen LogP contribution in [0.3, 0.4) is 0 Å². The number of rotatable bonds is 3. The lowest BCUT2D eigenvalue weighted by atomic mass is 9.97. The van der Waals surface area contributed by atoms with Crippen molar-refractivity contribution in [3.8, 4) is 0 Å². The Labute approximate surface area is 107 Å². The van der Waals surface area contributed by atoms with Crippen molar-refractivity contribution in [2.24, 2.45) is 4.99 Å². The molecule has 0 atom stereocenters. The summed E-state index contributed by atoms with van der Waals surface area (Å²) >= 11 is 0. The molecule has 0 aromatic carbocycles. The molecule has 1 N–H and O–H groups in total.